The molecular formula is C11H20N2O2S. The number of carbonyl (C=O) groups is 2. The minimum Gasteiger partial charge on any atom is -0.307 e. The summed E-state index contributed by atoms with van der Waals surface area (Å²) < 4.78 is 0. The van der Waals surface area contributed by atoms with Crippen LogP contribution in [0.15, 0.2) is 0 Å². The molecule has 1 atom stereocenters. The zero-order chi connectivity index (χ0) is 12.5. The average molecular weight is 244 g/mol. The topological polar surface area (TPSA) is 40.6 Å². The van der Waals surface area contributed by atoms with E-state index < -0.39 is 5.54 Å². The smallest absolute Gasteiger partial charge is 0.307 e. The molecule has 0 aromatic rings. The van der Waals surface area contributed by atoms with Gasteiger partial charge < -0.3 is 4.90 Å². The van der Waals surface area contributed by atoms with Crippen LogP contribution in [-0.4, -0.2) is 45.6 Å². The monoisotopic (exact) mass is 244 g/mol. The first-order chi connectivity index (χ1) is 7.40. The third-order valence-electron chi connectivity index (χ3n) is 2.95. The van der Waals surface area contributed by atoms with Gasteiger partial charge in [-0.15, -0.1) is 0 Å². The van der Waals surface area contributed by atoms with E-state index in [1.54, 1.807) is 11.8 Å². The Kier molecular flexibility index (Phi) is 3.88. The van der Waals surface area contributed by atoms with Gasteiger partial charge in [0.05, 0.1) is 0 Å². The molecule has 92 valence electrons. The van der Waals surface area contributed by atoms with Crippen molar-refractivity contribution in [3.05, 3.63) is 0 Å². The molecule has 1 rings (SSSR count). The molecule has 16 heavy (non-hydrogen) atoms. The molecule has 0 aromatic carbocycles. The summed E-state index contributed by atoms with van der Waals surface area (Å²) in [5, 5.41) is 0. The quantitative estimate of drug-likeness (QED) is 0.604. The first-order valence-corrected chi connectivity index (χ1v) is 6.29. The van der Waals surface area contributed by atoms with Crippen LogP contribution in [0.4, 0.5) is 4.79 Å². The lowest BCUT2D eigenvalue weighted by molar-refractivity contribution is -0.131. The Morgan fingerprint density at radius 1 is 1.38 bits per heavy atom. The highest BCUT2D eigenvalue weighted by molar-refractivity contribution is 7.80. The molecule has 0 radical (unpaired) electrons. The van der Waals surface area contributed by atoms with E-state index in [1.807, 2.05) is 20.8 Å². The second kappa shape index (κ2) is 4.65. The van der Waals surface area contributed by atoms with Gasteiger partial charge in [-0.3, -0.25) is 9.69 Å². The van der Waals surface area contributed by atoms with Crippen LogP contribution in [0.2, 0.25) is 0 Å². The van der Waals surface area contributed by atoms with Crippen LogP contribution in [0.3, 0.4) is 0 Å². The molecular weight excluding hydrogens is 224 g/mol. The molecule has 0 bridgehead atoms. The molecule has 1 aliphatic rings. The van der Waals surface area contributed by atoms with Gasteiger partial charge in [0.25, 0.3) is 5.91 Å². The third-order valence-corrected chi connectivity index (χ3v) is 3.56. The van der Waals surface area contributed by atoms with Crippen LogP contribution in [0.25, 0.3) is 0 Å². The van der Waals surface area contributed by atoms with Crippen LogP contribution in [0.5, 0.6) is 0 Å². The maximum atomic E-state index is 12.2. The number of amides is 3. The number of thiol groups is 1. The highest BCUT2D eigenvalue weighted by Crippen LogP contribution is 2.31. The molecule has 3 amide bonds. The Hall–Kier alpha value is -0.710. The lowest BCUT2D eigenvalue weighted by Crippen LogP contribution is -2.51. The van der Waals surface area contributed by atoms with E-state index in [9.17, 15) is 9.59 Å². The standard InChI is InChI=1S/C11H20N2O2S/c1-5-6-12-9(14)11(4,7-16)13(8(2)3)10(12)15/h8,16H,5-7H2,1-4H3. The van der Waals surface area contributed by atoms with Crippen molar-refractivity contribution in [3.63, 3.8) is 0 Å². The van der Waals surface area contributed by atoms with E-state index in [0.29, 0.717) is 12.3 Å². The molecule has 1 aliphatic heterocycles. The van der Waals surface area contributed by atoms with Gasteiger partial charge in [0.1, 0.15) is 5.54 Å². The van der Waals surface area contributed by atoms with Crippen molar-refractivity contribution in [2.75, 3.05) is 12.3 Å². The zero-order valence-electron chi connectivity index (χ0n) is 10.4. The number of imide groups is 1. The Morgan fingerprint density at radius 2 is 1.94 bits per heavy atom. The van der Waals surface area contributed by atoms with E-state index in [2.05, 4.69) is 12.6 Å². The Bertz CT molecular complexity index is 306. The summed E-state index contributed by atoms with van der Waals surface area (Å²) >= 11 is 4.22. The molecule has 0 saturated carbocycles. The fraction of sp³-hybridized carbons (Fsp3) is 0.818. The number of rotatable bonds is 4. The van der Waals surface area contributed by atoms with Crippen LogP contribution in [0.1, 0.15) is 34.1 Å². The van der Waals surface area contributed by atoms with Crippen molar-refractivity contribution in [2.24, 2.45) is 0 Å². The van der Waals surface area contributed by atoms with E-state index in [0.717, 1.165) is 6.42 Å². The van der Waals surface area contributed by atoms with Gasteiger partial charge in [-0.2, -0.15) is 12.6 Å². The number of urea groups is 1. The third kappa shape index (κ3) is 1.81. The van der Waals surface area contributed by atoms with Crippen molar-refractivity contribution in [1.29, 1.82) is 0 Å². The summed E-state index contributed by atoms with van der Waals surface area (Å²) in [6, 6.07) is -0.172. The van der Waals surface area contributed by atoms with E-state index in [-0.39, 0.29) is 18.0 Å². The molecule has 0 aromatic heterocycles. The maximum Gasteiger partial charge on any atom is 0.327 e. The van der Waals surface area contributed by atoms with E-state index in [4.69, 9.17) is 0 Å². The molecule has 0 aliphatic carbocycles. The highest BCUT2D eigenvalue weighted by Gasteiger charge is 2.53. The zero-order valence-corrected chi connectivity index (χ0v) is 11.3. The predicted molar refractivity (Wildman–Crippen MR) is 66.6 cm³/mol. The lowest BCUT2D eigenvalue weighted by Gasteiger charge is -2.33. The summed E-state index contributed by atoms with van der Waals surface area (Å²) in [6.07, 6.45) is 0.784. The minimum absolute atomic E-state index is 0.00968. The van der Waals surface area contributed by atoms with E-state index in [1.165, 1.54) is 4.90 Å². The molecule has 1 fully saturated rings. The number of nitrogens with zero attached hydrogens (tertiary/aromatic N) is 2. The van der Waals surface area contributed by atoms with Crippen molar-refractivity contribution in [3.8, 4) is 0 Å². The van der Waals surface area contributed by atoms with Crippen molar-refractivity contribution >= 4 is 24.6 Å². The van der Waals surface area contributed by atoms with E-state index >= 15 is 0 Å². The van der Waals surface area contributed by atoms with Crippen LogP contribution >= 0.6 is 12.6 Å². The number of carbonyl (C=O) groups excluding carboxylic acids is 2. The lowest BCUT2D eigenvalue weighted by atomic mass is 10.0. The van der Waals surface area contributed by atoms with Gasteiger partial charge in [0, 0.05) is 18.3 Å². The fourth-order valence-corrected chi connectivity index (χ4v) is 2.46. The van der Waals surface area contributed by atoms with Crippen LogP contribution < -0.4 is 0 Å². The molecule has 4 nitrogen and oxygen atoms in total. The van der Waals surface area contributed by atoms with Gasteiger partial charge in [0.2, 0.25) is 0 Å². The molecule has 1 heterocycles. The summed E-state index contributed by atoms with van der Waals surface area (Å²) in [4.78, 5) is 27.3. The fourth-order valence-electron chi connectivity index (χ4n) is 2.18. The first-order valence-electron chi connectivity index (χ1n) is 5.66. The first kappa shape index (κ1) is 13.4. The SMILES string of the molecule is CCCN1C(=O)N(C(C)C)C(C)(CS)C1=O. The van der Waals surface area contributed by atoms with Gasteiger partial charge in [-0.1, -0.05) is 6.92 Å². The maximum absolute atomic E-state index is 12.2. The van der Waals surface area contributed by atoms with Gasteiger partial charge in [0.15, 0.2) is 0 Å². The summed E-state index contributed by atoms with van der Waals surface area (Å²) in [6.45, 7) is 8.07. The second-order valence-electron chi connectivity index (χ2n) is 4.64. The highest BCUT2D eigenvalue weighted by atomic mass is 32.1. The van der Waals surface area contributed by atoms with Crippen molar-refractivity contribution < 1.29 is 9.59 Å². The normalized spacial score (nSPS) is 26.1. The molecule has 1 unspecified atom stereocenters. The Labute approximate surface area is 102 Å². The van der Waals surface area contributed by atoms with Gasteiger partial charge in [-0.05, 0) is 27.2 Å². The summed E-state index contributed by atoms with van der Waals surface area (Å²) in [5.41, 5.74) is -0.788. The average Bonchev–Trinajstić information content (AvgIpc) is 2.40. The molecule has 5 heteroatoms. The number of hydrogen-bond donors (Lipinski definition) is 1. The summed E-state index contributed by atoms with van der Waals surface area (Å²) in [7, 11) is 0. The van der Waals surface area contributed by atoms with Gasteiger partial charge in [-0.25, -0.2) is 4.79 Å². The molecule has 0 spiro atoms. The number of hydrogen-bond acceptors (Lipinski definition) is 3. The van der Waals surface area contributed by atoms with Crippen LogP contribution in [-0.2, 0) is 4.79 Å². The Morgan fingerprint density at radius 3 is 2.25 bits per heavy atom. The largest absolute Gasteiger partial charge is 0.327 e. The minimum atomic E-state index is -0.788. The van der Waals surface area contributed by atoms with Crippen molar-refractivity contribution in [2.45, 2.75) is 45.7 Å². The van der Waals surface area contributed by atoms with Crippen LogP contribution in [0, 0.1) is 0 Å². The van der Waals surface area contributed by atoms with Gasteiger partial charge >= 0.3 is 6.03 Å². The van der Waals surface area contributed by atoms with Crippen molar-refractivity contribution in [1.82, 2.24) is 9.80 Å². The summed E-state index contributed by atoms with van der Waals surface area (Å²) in [5.74, 6) is 0.235. The predicted octanol–water partition coefficient (Wildman–Crippen LogP) is 1.76. The molecule has 1 saturated heterocycles. The molecule has 0 N–H and O–H groups in total. The Balaban J connectivity index is 3.10. The second-order valence-corrected chi connectivity index (χ2v) is 4.95.